The fourth-order valence-electron chi connectivity index (χ4n) is 2.40. The normalized spacial score (nSPS) is 42.8. The molecule has 17 nitrogen and oxygen atoms in total. The highest BCUT2D eigenvalue weighted by atomic mass is 31.3. The highest BCUT2D eigenvalue weighted by Gasteiger charge is 2.55. The maximum atomic E-state index is 12.2. The minimum Gasteiger partial charge on any atom is -0.502 e. The largest absolute Gasteiger partial charge is 0.502 e. The van der Waals surface area contributed by atoms with E-state index < -0.39 is 71.6 Å². The van der Waals surface area contributed by atoms with Crippen LogP contribution in [0.15, 0.2) is 15.8 Å². The number of hydrogen-bond donors (Lipinski definition) is 6. The van der Waals surface area contributed by atoms with E-state index in [1.807, 2.05) is 0 Å². The van der Waals surface area contributed by atoms with E-state index in [4.69, 9.17) is 14.5 Å². The average Bonchev–Trinajstić information content (AvgIpc) is 2.81. The van der Waals surface area contributed by atoms with Gasteiger partial charge in [-0.15, -0.1) is 0 Å². The molecule has 0 aromatic carbocycles. The van der Waals surface area contributed by atoms with Gasteiger partial charge < -0.3 is 29.8 Å². The molecule has 3 unspecified atom stereocenters. The van der Waals surface area contributed by atoms with E-state index in [0.717, 1.165) is 0 Å². The molecule has 2 saturated heterocycles. The number of aliphatic hydroxyl groups excluding tert-OH is 2. The molecule has 0 bridgehead atoms. The van der Waals surface area contributed by atoms with Crippen LogP contribution in [0.5, 0.6) is 5.75 Å². The van der Waals surface area contributed by atoms with Crippen molar-refractivity contribution in [3.63, 3.8) is 0 Å². The van der Waals surface area contributed by atoms with Gasteiger partial charge in [0.25, 0.3) is 5.56 Å². The summed E-state index contributed by atoms with van der Waals surface area (Å²) in [5.74, 6) is -0.902. The van der Waals surface area contributed by atoms with Crippen molar-refractivity contribution in [3.05, 3.63) is 27.0 Å². The molecule has 2 aliphatic rings. The Bertz CT molecular complexity index is 1040. The third kappa shape index (κ3) is 4.77. The third-order valence-corrected chi connectivity index (χ3v) is 8.94. The fourth-order valence-corrected chi connectivity index (χ4v) is 7.33. The van der Waals surface area contributed by atoms with E-state index in [2.05, 4.69) is 17.5 Å². The third-order valence-electron chi connectivity index (χ3n) is 3.57. The molecule has 0 spiro atoms. The predicted molar refractivity (Wildman–Crippen MR) is 85.4 cm³/mol. The number of nitrogens with one attached hydrogen (secondary N) is 1. The number of aromatic amines is 1. The molecule has 3 heterocycles. The second-order valence-corrected chi connectivity index (χ2v) is 10.6. The van der Waals surface area contributed by atoms with E-state index in [1.165, 1.54) is 0 Å². The van der Waals surface area contributed by atoms with Crippen molar-refractivity contribution in [1.82, 2.24) is 9.55 Å². The zero-order chi connectivity index (χ0) is 21.8. The molecule has 20 heteroatoms. The van der Waals surface area contributed by atoms with Crippen molar-refractivity contribution in [3.8, 4) is 5.75 Å². The standard InChI is InChI=1S/C9H13N2O15P3/c12-3-1-11(9(16)10-7(3)15)8-6(14)5(13)4(23-8)2-22-29(21)25-27(17,18)24-28(19,20)26-29/h1,4-6,8,12-14H,2H2,(H,17,18)(H,19,20)(H,10,15,16)/t4-,5+,6?,8-/m1/s1. The summed E-state index contributed by atoms with van der Waals surface area (Å²) >= 11 is 0. The first-order valence-electron chi connectivity index (χ1n) is 7.32. The van der Waals surface area contributed by atoms with Gasteiger partial charge in [0.15, 0.2) is 12.0 Å². The molecular formula is C9H13N2O15P3. The van der Waals surface area contributed by atoms with Crippen LogP contribution in [0.25, 0.3) is 0 Å². The predicted octanol–water partition coefficient (Wildman–Crippen LogP) is -1.75. The van der Waals surface area contributed by atoms with E-state index >= 15 is 0 Å². The van der Waals surface area contributed by atoms with Gasteiger partial charge in [0.05, 0.1) is 12.8 Å². The highest BCUT2D eigenvalue weighted by Crippen LogP contribution is 2.80. The molecule has 0 amide bonds. The van der Waals surface area contributed by atoms with E-state index in [1.54, 1.807) is 4.98 Å². The van der Waals surface area contributed by atoms with Gasteiger partial charge in [-0.05, 0) is 0 Å². The second-order valence-electron chi connectivity index (χ2n) is 5.65. The Balaban J connectivity index is 1.76. The molecule has 0 aliphatic carbocycles. The van der Waals surface area contributed by atoms with E-state index in [0.29, 0.717) is 10.8 Å². The number of H-pyrrole nitrogens is 1. The number of aromatic nitrogens is 2. The number of rotatable bonds is 4. The number of ether oxygens (including phenoxy) is 1. The first kappa shape index (κ1) is 22.5. The second kappa shape index (κ2) is 7.50. The molecule has 2 fully saturated rings. The Kier molecular flexibility index (Phi) is 5.81. The van der Waals surface area contributed by atoms with Crippen molar-refractivity contribution >= 4 is 23.5 Å². The molecule has 0 saturated carbocycles. The smallest absolute Gasteiger partial charge is 0.492 e. The summed E-state index contributed by atoms with van der Waals surface area (Å²) in [5, 5.41) is 29.5. The van der Waals surface area contributed by atoms with Gasteiger partial charge in [-0.2, -0.15) is 12.9 Å². The molecule has 1 aromatic heterocycles. The monoisotopic (exact) mass is 482 g/mol. The van der Waals surface area contributed by atoms with Crippen molar-refractivity contribution in [1.29, 1.82) is 0 Å². The Hall–Kier alpha value is -1.19. The van der Waals surface area contributed by atoms with Crippen molar-refractivity contribution in [2.24, 2.45) is 0 Å². The van der Waals surface area contributed by atoms with Crippen LogP contribution in [0.1, 0.15) is 6.23 Å². The molecule has 6 atom stereocenters. The lowest BCUT2D eigenvalue weighted by atomic mass is 10.1. The Labute approximate surface area is 158 Å². The van der Waals surface area contributed by atoms with Crippen LogP contribution < -0.4 is 11.2 Å². The van der Waals surface area contributed by atoms with Gasteiger partial charge in [0.1, 0.15) is 18.3 Å². The van der Waals surface area contributed by atoms with Crippen LogP contribution in [0, 0.1) is 0 Å². The van der Waals surface area contributed by atoms with Crippen LogP contribution in [0.4, 0.5) is 0 Å². The van der Waals surface area contributed by atoms with Crippen LogP contribution in [0.2, 0.25) is 0 Å². The Morgan fingerprint density at radius 3 is 2.24 bits per heavy atom. The van der Waals surface area contributed by atoms with Crippen LogP contribution in [0.3, 0.4) is 0 Å². The highest BCUT2D eigenvalue weighted by molar-refractivity contribution is 7.74. The lowest BCUT2D eigenvalue weighted by molar-refractivity contribution is -0.0547. The summed E-state index contributed by atoms with van der Waals surface area (Å²) < 4.78 is 56.9. The van der Waals surface area contributed by atoms with Gasteiger partial charge in [0.2, 0.25) is 0 Å². The number of hydrogen-bond acceptors (Lipinski definition) is 13. The first-order chi connectivity index (χ1) is 13.2. The van der Waals surface area contributed by atoms with Gasteiger partial charge >= 0.3 is 29.2 Å². The lowest BCUT2D eigenvalue weighted by Crippen LogP contribution is -2.37. The quantitative estimate of drug-likeness (QED) is 0.260. The maximum Gasteiger partial charge on any atom is 0.492 e. The molecule has 3 rings (SSSR count). The summed E-state index contributed by atoms with van der Waals surface area (Å²) in [7, 11) is -15.7. The number of nitrogens with zero attached hydrogens (tertiary/aromatic N) is 1. The minimum atomic E-state index is -5.28. The minimum absolute atomic E-state index is 0.540. The molecule has 164 valence electrons. The zero-order valence-corrected chi connectivity index (χ0v) is 16.4. The van der Waals surface area contributed by atoms with Crippen LogP contribution >= 0.6 is 23.5 Å². The van der Waals surface area contributed by atoms with Gasteiger partial charge in [-0.25, -0.2) is 18.5 Å². The SMILES string of the molecule is O=c1[nH]c(=O)n([C@@H]2O[C@H](COP3(=O)OP(=O)(O)OP(=O)(O)O3)[C@H](O)C2O)cc1O. The molecule has 6 N–H and O–H groups in total. The van der Waals surface area contributed by atoms with E-state index in [9.17, 15) is 38.6 Å². The van der Waals surface area contributed by atoms with Gasteiger partial charge in [-0.3, -0.25) is 18.9 Å². The number of aliphatic hydroxyl groups is 2. The fraction of sp³-hybridized carbons (Fsp3) is 0.556. The van der Waals surface area contributed by atoms with E-state index in [-0.39, 0.29) is 0 Å². The van der Waals surface area contributed by atoms with Crippen molar-refractivity contribution in [2.45, 2.75) is 24.5 Å². The molecular weight excluding hydrogens is 469 g/mol. The van der Waals surface area contributed by atoms with Crippen molar-refractivity contribution in [2.75, 3.05) is 6.61 Å². The van der Waals surface area contributed by atoms with Crippen LogP contribution in [-0.2, 0) is 35.9 Å². The molecule has 29 heavy (non-hydrogen) atoms. The number of aromatic hydroxyl groups is 1. The molecule has 0 radical (unpaired) electrons. The molecule has 1 aromatic rings. The molecule has 2 aliphatic heterocycles. The Morgan fingerprint density at radius 2 is 1.66 bits per heavy atom. The zero-order valence-electron chi connectivity index (χ0n) is 13.7. The summed E-state index contributed by atoms with van der Waals surface area (Å²) in [4.78, 5) is 43.0. The maximum absolute atomic E-state index is 12.2. The van der Waals surface area contributed by atoms with Crippen molar-refractivity contribution < 1.29 is 61.0 Å². The number of phosphoric acid groups is 3. The Morgan fingerprint density at radius 1 is 1.07 bits per heavy atom. The summed E-state index contributed by atoms with van der Waals surface area (Å²) in [6.45, 7) is -0.990. The summed E-state index contributed by atoms with van der Waals surface area (Å²) in [6.07, 6.45) is -6.23. The van der Waals surface area contributed by atoms with Crippen LogP contribution in [-0.4, -0.2) is 59.6 Å². The average molecular weight is 482 g/mol. The lowest BCUT2D eigenvalue weighted by Gasteiger charge is -2.27. The first-order valence-corrected chi connectivity index (χ1v) is 11.8. The van der Waals surface area contributed by atoms with Gasteiger partial charge in [-0.1, -0.05) is 0 Å². The summed E-state index contributed by atoms with van der Waals surface area (Å²) in [5.41, 5.74) is -2.23. The van der Waals surface area contributed by atoms with Gasteiger partial charge in [0, 0.05) is 0 Å². The summed E-state index contributed by atoms with van der Waals surface area (Å²) in [6, 6.07) is 0. The topological polar surface area (TPSA) is 253 Å².